The van der Waals surface area contributed by atoms with Crippen LogP contribution in [0.5, 0.6) is 5.75 Å². The van der Waals surface area contributed by atoms with Gasteiger partial charge in [0, 0.05) is 0 Å². The first-order valence-electron chi connectivity index (χ1n) is 8.18. The molecule has 0 aromatic heterocycles. The van der Waals surface area contributed by atoms with E-state index in [1.54, 1.807) is 56.3 Å². The number of urea groups is 1. The van der Waals surface area contributed by atoms with Crippen molar-refractivity contribution in [2.45, 2.75) is 19.4 Å². The highest BCUT2D eigenvalue weighted by Gasteiger charge is 2.49. The first-order chi connectivity index (χ1) is 12.9. The molecule has 7 heteroatoms. The van der Waals surface area contributed by atoms with Crippen LogP contribution in [-0.4, -0.2) is 24.1 Å². The highest BCUT2D eigenvalue weighted by Crippen LogP contribution is 2.27. The monoisotopic (exact) mass is 360 g/mol. The average molecular weight is 360 g/mol. The maximum absolute atomic E-state index is 12.9. The Morgan fingerprint density at radius 3 is 2.41 bits per heavy atom. The van der Waals surface area contributed by atoms with Crippen LogP contribution in [-0.2, 0) is 4.79 Å². The number of nitriles is 2. The van der Waals surface area contributed by atoms with Crippen molar-refractivity contribution in [3.8, 4) is 17.9 Å². The fourth-order valence-electron chi connectivity index (χ4n) is 2.78. The van der Waals surface area contributed by atoms with Gasteiger partial charge in [0.25, 0.3) is 5.91 Å². The van der Waals surface area contributed by atoms with Gasteiger partial charge in [-0.25, -0.2) is 9.69 Å². The molecular weight excluding hydrogens is 344 g/mol. The summed E-state index contributed by atoms with van der Waals surface area (Å²) >= 11 is 0. The minimum absolute atomic E-state index is 0.0603. The van der Waals surface area contributed by atoms with E-state index in [0.717, 1.165) is 4.90 Å². The topological polar surface area (TPSA) is 106 Å². The van der Waals surface area contributed by atoms with Crippen molar-refractivity contribution in [3.05, 3.63) is 59.2 Å². The molecule has 1 heterocycles. The lowest BCUT2D eigenvalue weighted by atomic mass is 10.0. The molecule has 2 aromatic rings. The standard InChI is InChI=1S/C20H16N4O3/c1-13-9-16(6-5-15(13)11-22)24-18(25)20(2,23-19(24)26)12-27-17-7-3-14(10-21)4-8-17/h3-9H,12H2,1-2H3,(H,23,26). The molecule has 0 saturated carbocycles. The highest BCUT2D eigenvalue weighted by molar-refractivity contribution is 6.23. The largest absolute Gasteiger partial charge is 0.491 e. The number of hydrogen-bond acceptors (Lipinski definition) is 5. The Morgan fingerprint density at radius 1 is 1.11 bits per heavy atom. The smallest absolute Gasteiger partial charge is 0.329 e. The summed E-state index contributed by atoms with van der Waals surface area (Å²) in [6.07, 6.45) is 0. The Kier molecular flexibility index (Phi) is 4.53. The second kappa shape index (κ2) is 6.81. The second-order valence-corrected chi connectivity index (χ2v) is 6.44. The van der Waals surface area contributed by atoms with Crippen LogP contribution in [0.3, 0.4) is 0 Å². The number of hydrogen-bond donors (Lipinski definition) is 1. The lowest BCUT2D eigenvalue weighted by Gasteiger charge is -2.22. The van der Waals surface area contributed by atoms with Gasteiger partial charge in [0.2, 0.25) is 0 Å². The van der Waals surface area contributed by atoms with Crippen molar-refractivity contribution in [2.75, 3.05) is 11.5 Å². The molecule has 134 valence electrons. The fourth-order valence-corrected chi connectivity index (χ4v) is 2.78. The van der Waals surface area contributed by atoms with Crippen LogP contribution in [0, 0.1) is 29.6 Å². The Bertz CT molecular complexity index is 1000. The third-order valence-electron chi connectivity index (χ3n) is 4.36. The molecule has 2 aromatic carbocycles. The predicted octanol–water partition coefficient (Wildman–Crippen LogP) is 2.63. The maximum atomic E-state index is 12.9. The van der Waals surface area contributed by atoms with E-state index in [-0.39, 0.29) is 6.61 Å². The number of nitrogens with zero attached hydrogens (tertiary/aromatic N) is 3. The first kappa shape index (κ1) is 18.0. The Labute approximate surface area is 156 Å². The number of rotatable bonds is 4. The summed E-state index contributed by atoms with van der Waals surface area (Å²) in [4.78, 5) is 26.3. The average Bonchev–Trinajstić information content (AvgIpc) is 2.89. The summed E-state index contributed by atoms with van der Waals surface area (Å²) in [6, 6.07) is 14.8. The molecule has 1 atom stereocenters. The summed E-state index contributed by atoms with van der Waals surface area (Å²) in [6.45, 7) is 3.27. The van der Waals surface area contributed by atoms with Crippen molar-refractivity contribution in [1.82, 2.24) is 5.32 Å². The minimum Gasteiger partial charge on any atom is -0.491 e. The van der Waals surface area contributed by atoms with Gasteiger partial charge in [0.05, 0.1) is 29.0 Å². The fraction of sp³-hybridized carbons (Fsp3) is 0.200. The molecule has 0 bridgehead atoms. The molecule has 27 heavy (non-hydrogen) atoms. The van der Waals surface area contributed by atoms with E-state index >= 15 is 0 Å². The van der Waals surface area contributed by atoms with Crippen molar-refractivity contribution in [2.24, 2.45) is 0 Å². The minimum atomic E-state index is -1.23. The number of aryl methyl sites for hydroxylation is 1. The van der Waals surface area contributed by atoms with E-state index < -0.39 is 17.5 Å². The van der Waals surface area contributed by atoms with E-state index in [1.165, 1.54) is 0 Å². The molecule has 3 amide bonds. The molecule has 1 aliphatic heterocycles. The molecule has 3 rings (SSSR count). The zero-order chi connectivity index (χ0) is 19.6. The van der Waals surface area contributed by atoms with Gasteiger partial charge in [-0.05, 0) is 61.9 Å². The lowest BCUT2D eigenvalue weighted by molar-refractivity contribution is -0.122. The van der Waals surface area contributed by atoms with Crippen LogP contribution in [0.1, 0.15) is 23.6 Å². The van der Waals surface area contributed by atoms with Gasteiger partial charge in [-0.15, -0.1) is 0 Å². The summed E-state index contributed by atoms with van der Waals surface area (Å²) in [7, 11) is 0. The van der Waals surface area contributed by atoms with Crippen molar-refractivity contribution < 1.29 is 14.3 Å². The van der Waals surface area contributed by atoms with Gasteiger partial charge < -0.3 is 10.1 Å². The third-order valence-corrected chi connectivity index (χ3v) is 4.36. The maximum Gasteiger partial charge on any atom is 0.329 e. The summed E-state index contributed by atoms with van der Waals surface area (Å²) < 4.78 is 5.64. The van der Waals surface area contributed by atoms with Crippen molar-refractivity contribution in [3.63, 3.8) is 0 Å². The molecule has 1 fully saturated rings. The van der Waals surface area contributed by atoms with Crippen LogP contribution < -0.4 is 15.0 Å². The second-order valence-electron chi connectivity index (χ2n) is 6.44. The lowest BCUT2D eigenvalue weighted by Crippen LogP contribution is -2.49. The Hall–Kier alpha value is -3.84. The predicted molar refractivity (Wildman–Crippen MR) is 97.0 cm³/mol. The normalized spacial score (nSPS) is 18.6. The van der Waals surface area contributed by atoms with Crippen LogP contribution in [0.2, 0.25) is 0 Å². The van der Waals surface area contributed by atoms with Gasteiger partial charge in [0.1, 0.15) is 12.4 Å². The summed E-state index contributed by atoms with van der Waals surface area (Å²) in [5.41, 5.74) is 0.834. The van der Waals surface area contributed by atoms with Gasteiger partial charge in [-0.1, -0.05) is 0 Å². The number of carbonyl (C=O) groups is 2. The summed E-state index contributed by atoms with van der Waals surface area (Å²) in [5.74, 6) is 0.0511. The van der Waals surface area contributed by atoms with E-state index in [4.69, 9.17) is 15.3 Å². The van der Waals surface area contributed by atoms with E-state index in [0.29, 0.717) is 28.1 Å². The molecule has 0 radical (unpaired) electrons. The van der Waals surface area contributed by atoms with Crippen molar-refractivity contribution >= 4 is 17.6 Å². The molecule has 0 aliphatic carbocycles. The SMILES string of the molecule is Cc1cc(N2C(=O)NC(C)(COc3ccc(C#N)cc3)C2=O)ccc1C#N. The first-order valence-corrected chi connectivity index (χ1v) is 8.18. The number of carbonyl (C=O) groups excluding carboxylic acids is 2. The molecule has 1 N–H and O–H groups in total. The number of ether oxygens (including phenoxy) is 1. The molecular formula is C20H16N4O3. The number of nitrogens with one attached hydrogen (secondary N) is 1. The van der Waals surface area contributed by atoms with Gasteiger partial charge in [-0.3, -0.25) is 4.79 Å². The molecule has 0 spiro atoms. The third kappa shape index (κ3) is 3.31. The Morgan fingerprint density at radius 2 is 1.81 bits per heavy atom. The van der Waals surface area contributed by atoms with Crippen LogP contribution in [0.25, 0.3) is 0 Å². The van der Waals surface area contributed by atoms with E-state index in [1.807, 2.05) is 6.07 Å². The van der Waals surface area contributed by atoms with Crippen LogP contribution >= 0.6 is 0 Å². The van der Waals surface area contributed by atoms with E-state index in [9.17, 15) is 9.59 Å². The van der Waals surface area contributed by atoms with Gasteiger partial charge in [-0.2, -0.15) is 10.5 Å². The number of imide groups is 1. The number of anilines is 1. The molecule has 1 aliphatic rings. The van der Waals surface area contributed by atoms with Crippen LogP contribution in [0.15, 0.2) is 42.5 Å². The van der Waals surface area contributed by atoms with E-state index in [2.05, 4.69) is 11.4 Å². The summed E-state index contributed by atoms with van der Waals surface area (Å²) in [5, 5.41) is 20.5. The Balaban J connectivity index is 1.78. The van der Waals surface area contributed by atoms with Crippen molar-refractivity contribution in [1.29, 1.82) is 10.5 Å². The highest BCUT2D eigenvalue weighted by atomic mass is 16.5. The molecule has 1 unspecified atom stereocenters. The van der Waals surface area contributed by atoms with Crippen LogP contribution in [0.4, 0.5) is 10.5 Å². The zero-order valence-corrected chi connectivity index (χ0v) is 14.8. The van der Waals surface area contributed by atoms with Gasteiger partial charge in [0.15, 0.2) is 5.54 Å². The molecule has 1 saturated heterocycles. The van der Waals surface area contributed by atoms with Gasteiger partial charge >= 0.3 is 6.03 Å². The quantitative estimate of drug-likeness (QED) is 0.844. The zero-order valence-electron chi connectivity index (χ0n) is 14.8. The number of amides is 3. The molecule has 7 nitrogen and oxygen atoms in total. The number of benzene rings is 2.